The van der Waals surface area contributed by atoms with Crippen molar-refractivity contribution < 1.29 is 0 Å². The lowest BCUT2D eigenvalue weighted by atomic mass is 10.1. The topological polar surface area (TPSA) is 27.3 Å². The van der Waals surface area contributed by atoms with Crippen molar-refractivity contribution in [2.24, 2.45) is 0 Å². The van der Waals surface area contributed by atoms with Crippen molar-refractivity contribution in [3.63, 3.8) is 0 Å². The summed E-state index contributed by atoms with van der Waals surface area (Å²) < 4.78 is 0. The minimum atomic E-state index is 0.468. The average Bonchev–Trinajstić information content (AvgIpc) is 2.30. The molecule has 1 heterocycles. The molecule has 1 saturated heterocycles. The zero-order chi connectivity index (χ0) is 10.7. The van der Waals surface area contributed by atoms with E-state index in [2.05, 4.69) is 53.9 Å². The van der Waals surface area contributed by atoms with Gasteiger partial charge in [-0.05, 0) is 17.7 Å². The predicted octanol–water partition coefficient (Wildman–Crippen LogP) is 0.986. The van der Waals surface area contributed by atoms with Crippen LogP contribution in [0.25, 0.3) is 0 Å². The Labute approximate surface area is 91.5 Å². The molecule has 1 aromatic rings. The number of hydrogen-bond acceptors (Lipinski definition) is 3. The van der Waals surface area contributed by atoms with Crippen molar-refractivity contribution in [3.05, 3.63) is 29.8 Å². The summed E-state index contributed by atoms with van der Waals surface area (Å²) in [7, 11) is 4.13. The molecule has 82 valence electrons. The van der Waals surface area contributed by atoms with E-state index >= 15 is 0 Å². The van der Waals surface area contributed by atoms with Gasteiger partial charge in [0.05, 0.1) is 0 Å². The van der Waals surface area contributed by atoms with Gasteiger partial charge in [0.1, 0.15) is 0 Å². The van der Waals surface area contributed by atoms with E-state index in [0.717, 1.165) is 19.6 Å². The maximum atomic E-state index is 3.51. The first-order chi connectivity index (χ1) is 7.27. The fourth-order valence-electron chi connectivity index (χ4n) is 1.89. The molecular weight excluding hydrogens is 186 g/mol. The Hall–Kier alpha value is -1.06. The first-order valence-corrected chi connectivity index (χ1v) is 5.49. The highest BCUT2D eigenvalue weighted by molar-refractivity contribution is 5.46. The second kappa shape index (κ2) is 4.64. The third kappa shape index (κ3) is 2.49. The van der Waals surface area contributed by atoms with E-state index in [1.807, 2.05) is 0 Å². The lowest BCUT2D eigenvalue weighted by Crippen LogP contribution is -2.42. The minimum absolute atomic E-state index is 0.468. The standard InChI is InChI=1S/C12H19N3/c1-15(2)11-5-3-10(4-6-11)12-9-13-7-8-14-12/h3-6,12-14H,7-9H2,1-2H3/t12-/m0/s1. The monoisotopic (exact) mass is 205 g/mol. The molecule has 2 rings (SSSR count). The molecular formula is C12H19N3. The fourth-order valence-corrected chi connectivity index (χ4v) is 1.89. The normalized spacial score (nSPS) is 21.3. The summed E-state index contributed by atoms with van der Waals surface area (Å²) in [6.07, 6.45) is 0. The number of anilines is 1. The summed E-state index contributed by atoms with van der Waals surface area (Å²) in [6.45, 7) is 3.16. The molecule has 1 fully saturated rings. The highest BCUT2D eigenvalue weighted by Gasteiger charge is 2.13. The Morgan fingerprint density at radius 2 is 1.87 bits per heavy atom. The first kappa shape index (κ1) is 10.5. The van der Waals surface area contributed by atoms with Crippen LogP contribution >= 0.6 is 0 Å². The van der Waals surface area contributed by atoms with Gasteiger partial charge in [0.15, 0.2) is 0 Å². The van der Waals surface area contributed by atoms with Crippen molar-refractivity contribution in [3.8, 4) is 0 Å². The summed E-state index contributed by atoms with van der Waals surface area (Å²) in [5.41, 5.74) is 2.62. The molecule has 0 aliphatic carbocycles. The van der Waals surface area contributed by atoms with E-state index in [1.165, 1.54) is 11.3 Å². The molecule has 0 radical (unpaired) electrons. The van der Waals surface area contributed by atoms with Crippen LogP contribution in [0.3, 0.4) is 0 Å². The van der Waals surface area contributed by atoms with Crippen LogP contribution in [0.2, 0.25) is 0 Å². The van der Waals surface area contributed by atoms with E-state index in [1.54, 1.807) is 0 Å². The molecule has 0 amide bonds. The Kier molecular flexibility index (Phi) is 3.23. The van der Waals surface area contributed by atoms with Crippen molar-refractivity contribution in [2.75, 3.05) is 38.6 Å². The highest BCUT2D eigenvalue weighted by atomic mass is 15.1. The van der Waals surface area contributed by atoms with Gasteiger partial charge in [-0.2, -0.15) is 0 Å². The molecule has 15 heavy (non-hydrogen) atoms. The molecule has 2 N–H and O–H groups in total. The fraction of sp³-hybridized carbons (Fsp3) is 0.500. The molecule has 0 unspecified atom stereocenters. The van der Waals surface area contributed by atoms with E-state index in [-0.39, 0.29) is 0 Å². The van der Waals surface area contributed by atoms with Crippen molar-refractivity contribution >= 4 is 5.69 Å². The van der Waals surface area contributed by atoms with Crippen molar-refractivity contribution in [2.45, 2.75) is 6.04 Å². The summed E-state index contributed by atoms with van der Waals surface area (Å²) in [4.78, 5) is 2.12. The number of nitrogens with one attached hydrogen (secondary N) is 2. The van der Waals surface area contributed by atoms with E-state index in [0.29, 0.717) is 6.04 Å². The first-order valence-electron chi connectivity index (χ1n) is 5.49. The maximum absolute atomic E-state index is 3.51. The van der Waals surface area contributed by atoms with Crippen LogP contribution in [0.15, 0.2) is 24.3 Å². The number of piperazine rings is 1. The second-order valence-electron chi connectivity index (χ2n) is 4.20. The van der Waals surface area contributed by atoms with Crippen molar-refractivity contribution in [1.82, 2.24) is 10.6 Å². The lowest BCUT2D eigenvalue weighted by molar-refractivity contribution is 0.430. The van der Waals surface area contributed by atoms with Gasteiger partial charge in [-0.3, -0.25) is 0 Å². The van der Waals surface area contributed by atoms with Crippen LogP contribution in [0.1, 0.15) is 11.6 Å². The molecule has 0 spiro atoms. The summed E-state index contributed by atoms with van der Waals surface area (Å²) in [5, 5.41) is 6.91. The SMILES string of the molecule is CN(C)c1ccc([C@@H]2CNCCN2)cc1. The van der Waals surface area contributed by atoms with Gasteiger partial charge in [-0.1, -0.05) is 12.1 Å². The molecule has 1 aromatic carbocycles. The van der Waals surface area contributed by atoms with Crippen LogP contribution in [-0.2, 0) is 0 Å². The highest BCUT2D eigenvalue weighted by Crippen LogP contribution is 2.18. The molecule has 0 bridgehead atoms. The summed E-state index contributed by atoms with van der Waals surface area (Å²) in [6, 6.07) is 9.23. The van der Waals surface area contributed by atoms with Crippen LogP contribution in [0, 0.1) is 0 Å². The van der Waals surface area contributed by atoms with Crippen molar-refractivity contribution in [1.29, 1.82) is 0 Å². The summed E-state index contributed by atoms with van der Waals surface area (Å²) >= 11 is 0. The zero-order valence-electron chi connectivity index (χ0n) is 9.46. The quantitative estimate of drug-likeness (QED) is 0.754. The third-order valence-corrected chi connectivity index (χ3v) is 2.85. The Bertz CT molecular complexity index is 299. The molecule has 0 aromatic heterocycles. The molecule has 1 aliphatic heterocycles. The number of rotatable bonds is 2. The molecule has 3 heteroatoms. The Morgan fingerprint density at radius 1 is 1.13 bits per heavy atom. The molecule has 3 nitrogen and oxygen atoms in total. The van der Waals surface area contributed by atoms with Crippen LogP contribution < -0.4 is 15.5 Å². The minimum Gasteiger partial charge on any atom is -0.378 e. The largest absolute Gasteiger partial charge is 0.378 e. The molecule has 1 atom stereocenters. The van der Waals surface area contributed by atoms with Gasteiger partial charge >= 0.3 is 0 Å². The predicted molar refractivity (Wildman–Crippen MR) is 64.4 cm³/mol. The van der Waals surface area contributed by atoms with Gasteiger partial charge in [-0.15, -0.1) is 0 Å². The lowest BCUT2D eigenvalue weighted by Gasteiger charge is -2.25. The number of nitrogens with zero attached hydrogens (tertiary/aromatic N) is 1. The van der Waals surface area contributed by atoms with E-state index in [9.17, 15) is 0 Å². The summed E-state index contributed by atoms with van der Waals surface area (Å²) in [5.74, 6) is 0. The van der Waals surface area contributed by atoms with Gasteiger partial charge in [-0.25, -0.2) is 0 Å². The van der Waals surface area contributed by atoms with Gasteiger partial charge in [0, 0.05) is 45.5 Å². The van der Waals surface area contributed by atoms with Crippen LogP contribution in [-0.4, -0.2) is 33.7 Å². The zero-order valence-corrected chi connectivity index (χ0v) is 9.46. The smallest absolute Gasteiger partial charge is 0.0447 e. The Morgan fingerprint density at radius 3 is 2.40 bits per heavy atom. The van der Waals surface area contributed by atoms with Crippen LogP contribution in [0.5, 0.6) is 0 Å². The van der Waals surface area contributed by atoms with E-state index < -0.39 is 0 Å². The van der Waals surface area contributed by atoms with Gasteiger partial charge in [0.25, 0.3) is 0 Å². The van der Waals surface area contributed by atoms with Crippen LogP contribution in [0.4, 0.5) is 5.69 Å². The number of benzene rings is 1. The van der Waals surface area contributed by atoms with Gasteiger partial charge in [0.2, 0.25) is 0 Å². The molecule has 0 saturated carbocycles. The second-order valence-corrected chi connectivity index (χ2v) is 4.20. The van der Waals surface area contributed by atoms with E-state index in [4.69, 9.17) is 0 Å². The Balaban J connectivity index is 2.08. The van der Waals surface area contributed by atoms with Gasteiger partial charge < -0.3 is 15.5 Å². The molecule has 1 aliphatic rings. The number of hydrogen-bond donors (Lipinski definition) is 2. The average molecular weight is 205 g/mol. The third-order valence-electron chi connectivity index (χ3n) is 2.85. The maximum Gasteiger partial charge on any atom is 0.0447 e.